The highest BCUT2D eigenvalue weighted by Gasteiger charge is 2.36. The van der Waals surface area contributed by atoms with Crippen molar-refractivity contribution in [1.29, 1.82) is 0 Å². The molecular formula is C20H31N5O5S. The van der Waals surface area contributed by atoms with Gasteiger partial charge in [0, 0.05) is 19.1 Å². The minimum Gasteiger partial charge on any atom is -0.508 e. The number of phenols is 1. The van der Waals surface area contributed by atoms with E-state index in [0.717, 1.165) is 6.92 Å². The van der Waals surface area contributed by atoms with Crippen molar-refractivity contribution in [2.45, 2.75) is 50.7 Å². The first-order valence-corrected chi connectivity index (χ1v) is 10.5. The van der Waals surface area contributed by atoms with Crippen molar-refractivity contribution >= 4 is 36.3 Å². The molecule has 4 amide bonds. The van der Waals surface area contributed by atoms with Gasteiger partial charge >= 0.3 is 0 Å². The van der Waals surface area contributed by atoms with Gasteiger partial charge in [0.15, 0.2) is 0 Å². The third-order valence-corrected chi connectivity index (χ3v) is 5.03. The molecule has 3 atom stereocenters. The van der Waals surface area contributed by atoms with Crippen molar-refractivity contribution in [2.24, 2.45) is 17.2 Å². The van der Waals surface area contributed by atoms with E-state index in [-0.39, 0.29) is 17.9 Å². The number of benzene rings is 1. The Balaban J connectivity index is 3.16. The van der Waals surface area contributed by atoms with Crippen LogP contribution < -0.4 is 22.5 Å². The Morgan fingerprint density at radius 1 is 1.16 bits per heavy atom. The summed E-state index contributed by atoms with van der Waals surface area (Å²) < 4.78 is 0. The predicted molar refractivity (Wildman–Crippen MR) is 119 cm³/mol. The third kappa shape index (κ3) is 8.19. The van der Waals surface area contributed by atoms with Crippen molar-refractivity contribution in [1.82, 2.24) is 10.2 Å². The van der Waals surface area contributed by atoms with Crippen LogP contribution in [0.2, 0.25) is 0 Å². The zero-order chi connectivity index (χ0) is 23.6. The number of rotatable bonds is 12. The van der Waals surface area contributed by atoms with Gasteiger partial charge in [-0.25, -0.2) is 0 Å². The number of hydrogen-bond donors (Lipinski definition) is 6. The largest absolute Gasteiger partial charge is 0.508 e. The number of thiol groups is 1. The van der Waals surface area contributed by atoms with E-state index < -0.39 is 41.8 Å². The lowest BCUT2D eigenvalue weighted by molar-refractivity contribution is -0.151. The number of nitrogens with zero attached hydrogens (tertiary/aromatic N) is 1. The summed E-state index contributed by atoms with van der Waals surface area (Å²) in [7, 11) is 0. The quantitative estimate of drug-likeness (QED) is 0.174. The van der Waals surface area contributed by atoms with E-state index in [2.05, 4.69) is 17.9 Å². The molecule has 0 fully saturated rings. The monoisotopic (exact) mass is 453 g/mol. The van der Waals surface area contributed by atoms with Crippen LogP contribution in [0.1, 0.15) is 31.7 Å². The standard InChI is InChI=1S/C20H31N5O5S/c1-12(26)25(17(11-31)18(23)28)20(30)16(10-13-5-7-14(27)8-6-13)24-19(29)15(22)4-2-3-9-21/h5-8,15-17,27,31H,2-4,9-11,21-22H2,1H3,(H2,23,28)(H,24,29)/t15-,16-,17-/m0/s1. The maximum atomic E-state index is 13.2. The lowest BCUT2D eigenvalue weighted by Gasteiger charge is -2.30. The molecule has 31 heavy (non-hydrogen) atoms. The van der Waals surface area contributed by atoms with Crippen molar-refractivity contribution < 1.29 is 24.3 Å². The smallest absolute Gasteiger partial charge is 0.252 e. The maximum absolute atomic E-state index is 13.2. The van der Waals surface area contributed by atoms with E-state index in [1.165, 1.54) is 12.1 Å². The SMILES string of the molecule is CC(=O)N(C(=O)[C@H](Cc1ccc(O)cc1)NC(=O)[C@@H](N)CCCCN)[C@@H](CS)C(N)=O. The summed E-state index contributed by atoms with van der Waals surface area (Å²) in [6.07, 6.45) is 1.73. The number of aromatic hydroxyl groups is 1. The molecule has 0 bridgehead atoms. The average molecular weight is 454 g/mol. The molecule has 0 aromatic heterocycles. The van der Waals surface area contributed by atoms with Crippen LogP contribution in [0.15, 0.2) is 24.3 Å². The Hall–Kier alpha value is -2.63. The second-order valence-corrected chi connectivity index (χ2v) is 7.52. The molecule has 0 aliphatic heterocycles. The van der Waals surface area contributed by atoms with Crippen LogP contribution in [-0.2, 0) is 25.6 Å². The zero-order valence-corrected chi connectivity index (χ0v) is 18.4. The summed E-state index contributed by atoms with van der Waals surface area (Å²) in [4.78, 5) is 50.4. The number of phenolic OH excluding ortho intramolecular Hbond substituents is 1. The minimum absolute atomic E-state index is 0.00219. The van der Waals surface area contributed by atoms with Crippen molar-refractivity contribution in [3.05, 3.63) is 29.8 Å². The number of carbonyl (C=O) groups excluding carboxylic acids is 4. The number of carbonyl (C=O) groups is 4. The van der Waals surface area contributed by atoms with Crippen LogP contribution in [0.3, 0.4) is 0 Å². The number of unbranched alkanes of at least 4 members (excludes halogenated alkanes) is 1. The van der Waals surface area contributed by atoms with Gasteiger partial charge in [-0.05, 0) is 37.1 Å². The molecule has 0 saturated heterocycles. The van der Waals surface area contributed by atoms with Crippen molar-refractivity contribution in [2.75, 3.05) is 12.3 Å². The van der Waals surface area contributed by atoms with Gasteiger partial charge in [0.05, 0.1) is 6.04 Å². The Bertz CT molecular complexity index is 774. The first-order chi connectivity index (χ1) is 14.6. The van der Waals surface area contributed by atoms with Gasteiger partial charge in [-0.3, -0.25) is 24.1 Å². The van der Waals surface area contributed by atoms with Crippen LogP contribution >= 0.6 is 12.6 Å². The van der Waals surface area contributed by atoms with Crippen molar-refractivity contribution in [3.63, 3.8) is 0 Å². The summed E-state index contributed by atoms with van der Waals surface area (Å²) in [5.74, 6) is -3.11. The molecule has 0 aliphatic carbocycles. The first kappa shape index (κ1) is 26.4. The Morgan fingerprint density at radius 3 is 2.26 bits per heavy atom. The fourth-order valence-electron chi connectivity index (χ4n) is 2.98. The van der Waals surface area contributed by atoms with E-state index in [9.17, 15) is 24.3 Å². The highest BCUT2D eigenvalue weighted by molar-refractivity contribution is 7.80. The average Bonchev–Trinajstić information content (AvgIpc) is 2.71. The summed E-state index contributed by atoms with van der Waals surface area (Å²) in [5.41, 5.74) is 17.3. The number of primary amides is 1. The van der Waals surface area contributed by atoms with Crippen LogP contribution in [0.4, 0.5) is 0 Å². The number of nitrogens with one attached hydrogen (secondary N) is 1. The van der Waals surface area contributed by atoms with E-state index in [4.69, 9.17) is 17.2 Å². The number of imide groups is 1. The molecule has 0 saturated carbocycles. The molecule has 11 heteroatoms. The lowest BCUT2D eigenvalue weighted by atomic mass is 10.0. The predicted octanol–water partition coefficient (Wildman–Crippen LogP) is -0.965. The maximum Gasteiger partial charge on any atom is 0.252 e. The van der Waals surface area contributed by atoms with E-state index >= 15 is 0 Å². The van der Waals surface area contributed by atoms with Crippen LogP contribution in [0, 0.1) is 0 Å². The number of amides is 4. The summed E-state index contributed by atoms with van der Waals surface area (Å²) in [5, 5.41) is 12.1. The first-order valence-electron chi connectivity index (χ1n) is 9.90. The second-order valence-electron chi connectivity index (χ2n) is 7.15. The molecular weight excluding hydrogens is 422 g/mol. The Labute approximate surface area is 186 Å². The molecule has 10 nitrogen and oxygen atoms in total. The van der Waals surface area contributed by atoms with E-state index in [1.54, 1.807) is 12.1 Å². The molecule has 1 rings (SSSR count). The van der Waals surface area contributed by atoms with E-state index in [0.29, 0.717) is 36.3 Å². The molecule has 1 aromatic carbocycles. The van der Waals surface area contributed by atoms with Crippen molar-refractivity contribution in [3.8, 4) is 5.75 Å². The Morgan fingerprint density at radius 2 is 1.77 bits per heavy atom. The topological polar surface area (TPSA) is 182 Å². The third-order valence-electron chi connectivity index (χ3n) is 4.69. The summed E-state index contributed by atoms with van der Waals surface area (Å²) in [6, 6.07) is 2.68. The summed E-state index contributed by atoms with van der Waals surface area (Å²) in [6.45, 7) is 1.59. The molecule has 0 spiro atoms. The molecule has 0 unspecified atom stereocenters. The molecule has 0 aliphatic rings. The molecule has 0 heterocycles. The molecule has 1 aromatic rings. The number of nitrogens with two attached hydrogens (primary N) is 3. The molecule has 172 valence electrons. The second kappa shape index (κ2) is 12.9. The van der Waals surface area contributed by atoms with Gasteiger partial charge < -0.3 is 27.6 Å². The fraction of sp³-hybridized carbons (Fsp3) is 0.500. The van der Waals surface area contributed by atoms with Crippen LogP contribution in [0.5, 0.6) is 5.75 Å². The highest BCUT2D eigenvalue weighted by Crippen LogP contribution is 2.14. The molecule has 8 N–H and O–H groups in total. The molecule has 0 radical (unpaired) electrons. The zero-order valence-electron chi connectivity index (χ0n) is 17.5. The lowest BCUT2D eigenvalue weighted by Crippen LogP contribution is -2.59. The highest BCUT2D eigenvalue weighted by atomic mass is 32.1. The van der Waals surface area contributed by atoms with Gasteiger partial charge in [0.2, 0.25) is 17.7 Å². The van der Waals surface area contributed by atoms with Crippen LogP contribution in [-0.4, -0.2) is 64.1 Å². The van der Waals surface area contributed by atoms with Gasteiger partial charge in [-0.2, -0.15) is 12.6 Å². The van der Waals surface area contributed by atoms with Gasteiger partial charge in [0.25, 0.3) is 5.91 Å². The van der Waals surface area contributed by atoms with Crippen LogP contribution in [0.25, 0.3) is 0 Å². The van der Waals surface area contributed by atoms with Gasteiger partial charge in [-0.1, -0.05) is 18.6 Å². The number of hydrogen-bond acceptors (Lipinski definition) is 8. The summed E-state index contributed by atoms with van der Waals surface area (Å²) >= 11 is 4.02. The van der Waals surface area contributed by atoms with Gasteiger partial charge in [-0.15, -0.1) is 0 Å². The Kier molecular flexibility index (Phi) is 11.0. The minimum atomic E-state index is -1.27. The fourth-order valence-corrected chi connectivity index (χ4v) is 3.32. The van der Waals surface area contributed by atoms with E-state index in [1.807, 2.05) is 0 Å². The normalized spacial score (nSPS) is 13.7. The van der Waals surface area contributed by atoms with Gasteiger partial charge in [0.1, 0.15) is 17.8 Å².